The molecule has 1 aliphatic heterocycles. The normalized spacial score (nSPS) is 13.9. The molecule has 6 heteroatoms. The van der Waals surface area contributed by atoms with Crippen molar-refractivity contribution in [2.75, 3.05) is 19.0 Å². The lowest BCUT2D eigenvalue weighted by Gasteiger charge is -2.03. The fraction of sp³-hybridized carbons (Fsp3) is 0.312. The van der Waals surface area contributed by atoms with E-state index in [-0.39, 0.29) is 18.2 Å². The van der Waals surface area contributed by atoms with Crippen LogP contribution in [0.5, 0.6) is 11.5 Å². The van der Waals surface area contributed by atoms with Gasteiger partial charge in [-0.1, -0.05) is 23.5 Å². The average Bonchev–Trinajstić information content (AvgIpc) is 2.75. The van der Waals surface area contributed by atoms with Crippen LogP contribution in [-0.4, -0.2) is 23.7 Å². The number of benzene rings is 1. The van der Waals surface area contributed by atoms with Crippen LogP contribution in [-0.2, 0) is 6.42 Å². The number of phenols is 1. The van der Waals surface area contributed by atoms with Crippen molar-refractivity contribution in [2.45, 2.75) is 19.3 Å². The molecule has 0 saturated carbocycles. The summed E-state index contributed by atoms with van der Waals surface area (Å²) in [5.41, 5.74) is 2.10. The summed E-state index contributed by atoms with van der Waals surface area (Å²) in [6, 6.07) is 5.35. The number of hydrogen-bond acceptors (Lipinski definition) is 5. The van der Waals surface area contributed by atoms with Crippen LogP contribution in [0.2, 0.25) is 0 Å². The van der Waals surface area contributed by atoms with E-state index in [0.29, 0.717) is 5.75 Å². The number of methoxy groups -OCH3 is 1. The van der Waals surface area contributed by atoms with E-state index in [9.17, 15) is 5.11 Å². The Morgan fingerprint density at radius 2 is 2.18 bits per heavy atom. The standard InChI is InChI=1S/C16H18N2O2S.ClH/c1-20-14-7-5-11(10-13(14)19)6-8-15-18-12-4-2-3-9-17-16(12)21-15;/h5-8,10,17,19H,2-4,9H2,1H3;1H/b8-6+;. The first-order valence-corrected chi connectivity index (χ1v) is 7.86. The highest BCUT2D eigenvalue weighted by atomic mass is 35.5. The van der Waals surface area contributed by atoms with Crippen molar-refractivity contribution in [1.29, 1.82) is 0 Å². The number of phenolic OH excluding ortho intramolecular Hbond substituents is 1. The number of anilines is 1. The van der Waals surface area contributed by atoms with Gasteiger partial charge in [-0.15, -0.1) is 12.4 Å². The Morgan fingerprint density at radius 1 is 1.32 bits per heavy atom. The average molecular weight is 339 g/mol. The Hall–Kier alpha value is -1.72. The molecule has 0 fully saturated rings. The first-order valence-electron chi connectivity index (χ1n) is 7.05. The number of nitrogens with zero attached hydrogens (tertiary/aromatic N) is 1. The predicted molar refractivity (Wildman–Crippen MR) is 94.4 cm³/mol. The third-order valence-corrected chi connectivity index (χ3v) is 4.48. The van der Waals surface area contributed by atoms with Crippen LogP contribution in [0.25, 0.3) is 12.2 Å². The number of nitrogens with one attached hydrogen (secondary N) is 1. The Morgan fingerprint density at radius 3 is 2.95 bits per heavy atom. The molecule has 0 radical (unpaired) electrons. The number of ether oxygens (including phenoxy) is 1. The fourth-order valence-electron chi connectivity index (χ4n) is 2.35. The van der Waals surface area contributed by atoms with Crippen molar-refractivity contribution >= 4 is 40.9 Å². The Kier molecular flexibility index (Phi) is 5.69. The van der Waals surface area contributed by atoms with E-state index >= 15 is 0 Å². The summed E-state index contributed by atoms with van der Waals surface area (Å²) in [6.45, 7) is 1.03. The molecule has 0 amide bonds. The second kappa shape index (κ2) is 7.51. The van der Waals surface area contributed by atoms with Gasteiger partial charge in [0.2, 0.25) is 0 Å². The van der Waals surface area contributed by atoms with Gasteiger partial charge in [0.05, 0.1) is 12.8 Å². The van der Waals surface area contributed by atoms with Crippen molar-refractivity contribution in [3.63, 3.8) is 0 Å². The molecule has 2 N–H and O–H groups in total. The molecule has 3 rings (SSSR count). The minimum Gasteiger partial charge on any atom is -0.504 e. The van der Waals surface area contributed by atoms with E-state index in [2.05, 4.69) is 10.3 Å². The summed E-state index contributed by atoms with van der Waals surface area (Å²) < 4.78 is 5.04. The number of aromatic nitrogens is 1. The molecule has 0 unspecified atom stereocenters. The van der Waals surface area contributed by atoms with Gasteiger partial charge in [-0.3, -0.25) is 0 Å². The number of rotatable bonds is 3. The molecule has 0 atom stereocenters. The molecule has 1 aromatic heterocycles. The minimum atomic E-state index is 0. The maximum Gasteiger partial charge on any atom is 0.160 e. The van der Waals surface area contributed by atoms with Crippen LogP contribution in [0.4, 0.5) is 5.00 Å². The highest BCUT2D eigenvalue weighted by Crippen LogP contribution is 2.30. The number of fused-ring (bicyclic) bond motifs is 1. The highest BCUT2D eigenvalue weighted by molar-refractivity contribution is 7.16. The SMILES string of the molecule is COc1ccc(/C=C/c2nc3c(s2)NCCCC3)cc1O.Cl. The second-order valence-corrected chi connectivity index (χ2v) is 6.01. The Bertz CT molecular complexity index is 647. The predicted octanol–water partition coefficient (Wildman–Crippen LogP) is 4.20. The van der Waals surface area contributed by atoms with Crippen LogP contribution in [0.1, 0.15) is 29.1 Å². The van der Waals surface area contributed by atoms with Gasteiger partial charge < -0.3 is 15.2 Å². The van der Waals surface area contributed by atoms with E-state index in [4.69, 9.17) is 4.74 Å². The molecule has 0 saturated heterocycles. The lowest BCUT2D eigenvalue weighted by atomic mass is 10.2. The van der Waals surface area contributed by atoms with Gasteiger partial charge in [-0.2, -0.15) is 0 Å². The highest BCUT2D eigenvalue weighted by Gasteiger charge is 2.12. The van der Waals surface area contributed by atoms with Gasteiger partial charge in [0.25, 0.3) is 0 Å². The second-order valence-electron chi connectivity index (χ2n) is 4.98. The molecule has 118 valence electrons. The van der Waals surface area contributed by atoms with E-state index in [1.54, 1.807) is 30.6 Å². The Balaban J connectivity index is 0.00000176. The Labute approximate surface area is 140 Å². The zero-order chi connectivity index (χ0) is 14.7. The summed E-state index contributed by atoms with van der Waals surface area (Å²) in [5.74, 6) is 0.633. The first-order chi connectivity index (χ1) is 10.3. The summed E-state index contributed by atoms with van der Waals surface area (Å²) in [7, 11) is 1.54. The minimum absolute atomic E-state index is 0. The summed E-state index contributed by atoms with van der Waals surface area (Å²) in [6.07, 6.45) is 7.40. The molecule has 2 heterocycles. The van der Waals surface area contributed by atoms with Gasteiger partial charge in [0, 0.05) is 6.54 Å². The van der Waals surface area contributed by atoms with E-state index in [1.807, 2.05) is 18.2 Å². The third kappa shape index (κ3) is 3.72. The number of hydrogen-bond donors (Lipinski definition) is 2. The maximum atomic E-state index is 9.77. The molecule has 1 aromatic carbocycles. The molecular weight excluding hydrogens is 320 g/mol. The molecule has 2 aromatic rings. The first kappa shape index (κ1) is 16.6. The van der Waals surface area contributed by atoms with Crippen molar-refractivity contribution in [3.8, 4) is 11.5 Å². The maximum absolute atomic E-state index is 9.77. The zero-order valence-electron chi connectivity index (χ0n) is 12.3. The zero-order valence-corrected chi connectivity index (χ0v) is 14.0. The number of aromatic hydroxyl groups is 1. The molecular formula is C16H19ClN2O2S. The molecule has 22 heavy (non-hydrogen) atoms. The van der Waals surface area contributed by atoms with Crippen LogP contribution in [0.3, 0.4) is 0 Å². The molecule has 0 spiro atoms. The number of halogens is 1. The van der Waals surface area contributed by atoms with Crippen LogP contribution < -0.4 is 10.1 Å². The van der Waals surface area contributed by atoms with Crippen molar-refractivity contribution < 1.29 is 9.84 Å². The molecule has 0 bridgehead atoms. The van der Waals surface area contributed by atoms with Crippen molar-refractivity contribution in [3.05, 3.63) is 34.5 Å². The number of thiazole rings is 1. The quantitative estimate of drug-likeness (QED) is 0.880. The largest absolute Gasteiger partial charge is 0.504 e. The molecule has 0 aliphatic carbocycles. The van der Waals surface area contributed by atoms with Crippen LogP contribution >= 0.6 is 23.7 Å². The summed E-state index contributed by atoms with van der Waals surface area (Å²) in [4.78, 5) is 4.66. The van der Waals surface area contributed by atoms with Crippen molar-refractivity contribution in [1.82, 2.24) is 4.98 Å². The van der Waals surface area contributed by atoms with Gasteiger partial charge in [0.15, 0.2) is 11.5 Å². The lowest BCUT2D eigenvalue weighted by Crippen LogP contribution is -1.96. The van der Waals surface area contributed by atoms with Gasteiger partial charge in [0.1, 0.15) is 10.0 Å². The number of aryl methyl sites for hydroxylation is 1. The fourth-order valence-corrected chi connectivity index (χ4v) is 3.29. The van der Waals surface area contributed by atoms with E-state index in [0.717, 1.165) is 23.5 Å². The lowest BCUT2D eigenvalue weighted by molar-refractivity contribution is 0.373. The monoisotopic (exact) mass is 338 g/mol. The smallest absolute Gasteiger partial charge is 0.160 e. The molecule has 1 aliphatic rings. The third-order valence-electron chi connectivity index (χ3n) is 3.46. The van der Waals surface area contributed by atoms with Crippen molar-refractivity contribution in [2.24, 2.45) is 0 Å². The van der Waals surface area contributed by atoms with Crippen LogP contribution in [0.15, 0.2) is 18.2 Å². The summed E-state index contributed by atoms with van der Waals surface area (Å²) >= 11 is 1.68. The van der Waals surface area contributed by atoms with Gasteiger partial charge >= 0.3 is 0 Å². The van der Waals surface area contributed by atoms with Gasteiger partial charge in [-0.25, -0.2) is 4.98 Å². The molecule has 4 nitrogen and oxygen atoms in total. The summed E-state index contributed by atoms with van der Waals surface area (Å²) in [5, 5.41) is 15.4. The van der Waals surface area contributed by atoms with Gasteiger partial charge in [-0.05, 0) is 43.0 Å². The topological polar surface area (TPSA) is 54.4 Å². The van der Waals surface area contributed by atoms with E-state index in [1.165, 1.54) is 23.5 Å². The van der Waals surface area contributed by atoms with Crippen LogP contribution in [0, 0.1) is 0 Å². The van der Waals surface area contributed by atoms with E-state index < -0.39 is 0 Å².